The Balaban J connectivity index is 0.000000437. The molecule has 9 heteroatoms. The first-order chi connectivity index (χ1) is 15.6. The highest BCUT2D eigenvalue weighted by molar-refractivity contribution is 7.51. The van der Waals surface area contributed by atoms with E-state index in [4.69, 9.17) is 26.8 Å². The van der Waals surface area contributed by atoms with Gasteiger partial charge in [-0.1, -0.05) is 18.2 Å². The van der Waals surface area contributed by atoms with Crippen molar-refractivity contribution in [2.75, 3.05) is 18.0 Å². The second kappa shape index (κ2) is 11.0. The lowest BCUT2D eigenvalue weighted by Gasteiger charge is -2.28. The molecule has 2 aromatic carbocycles. The molecule has 0 saturated carbocycles. The molecule has 4 aromatic rings. The predicted octanol–water partition coefficient (Wildman–Crippen LogP) is 3.94. The van der Waals surface area contributed by atoms with Gasteiger partial charge in [-0.2, -0.15) is 18.0 Å². The van der Waals surface area contributed by atoms with Gasteiger partial charge in [0.05, 0.1) is 0 Å². The van der Waals surface area contributed by atoms with Gasteiger partial charge in [0.25, 0.3) is 0 Å². The topological polar surface area (TPSA) is 115 Å². The van der Waals surface area contributed by atoms with Crippen LogP contribution in [0.1, 0.15) is 19.3 Å². The fourth-order valence-electron chi connectivity index (χ4n) is 3.74. The second-order valence-corrected chi connectivity index (χ2v) is 7.15. The van der Waals surface area contributed by atoms with Gasteiger partial charge >= 0.3 is 23.3 Å². The Morgan fingerprint density at radius 3 is 2.16 bits per heavy atom. The average Bonchev–Trinajstić information content (AvgIpc) is 3.24. The Hall–Kier alpha value is -3.81. The third-order valence-corrected chi connectivity index (χ3v) is 5.13. The zero-order chi connectivity index (χ0) is 22.9. The number of nitrogens with zero attached hydrogens (tertiary/aromatic N) is 1. The summed E-state index contributed by atoms with van der Waals surface area (Å²) in [6.45, 7) is 2.12. The summed E-state index contributed by atoms with van der Waals surface area (Å²) in [5, 5.41) is 1.88. The maximum absolute atomic E-state index is 12.6. The van der Waals surface area contributed by atoms with Crippen molar-refractivity contribution in [1.82, 2.24) is 0 Å². The van der Waals surface area contributed by atoms with Crippen molar-refractivity contribution in [2.24, 2.45) is 0 Å². The zero-order valence-electron chi connectivity index (χ0n) is 16.9. The van der Waals surface area contributed by atoms with Crippen molar-refractivity contribution in [2.45, 2.75) is 19.3 Å². The molecule has 0 N–H and O–H groups in total. The highest BCUT2D eigenvalue weighted by Crippen LogP contribution is 2.29. The van der Waals surface area contributed by atoms with E-state index in [2.05, 4.69) is 11.0 Å². The van der Waals surface area contributed by atoms with Gasteiger partial charge in [0.1, 0.15) is 22.5 Å². The van der Waals surface area contributed by atoms with Crippen LogP contribution in [0.2, 0.25) is 0 Å². The van der Waals surface area contributed by atoms with Gasteiger partial charge in [-0.15, -0.1) is 0 Å². The molecular weight excluding hydrogens is 434 g/mol. The van der Waals surface area contributed by atoms with E-state index in [1.807, 2.05) is 48.5 Å². The number of benzene rings is 2. The van der Waals surface area contributed by atoms with Crippen molar-refractivity contribution in [3.8, 4) is 11.3 Å². The molecule has 164 valence electrons. The largest absolute Gasteiger partial charge is 0.456 e. The van der Waals surface area contributed by atoms with Crippen LogP contribution < -0.4 is 10.5 Å². The summed E-state index contributed by atoms with van der Waals surface area (Å²) in [4.78, 5) is 31.2. The van der Waals surface area contributed by atoms with E-state index in [0.717, 1.165) is 35.1 Å². The number of anilines is 1. The third-order valence-electron chi connectivity index (χ3n) is 5.13. The lowest BCUT2D eigenvalue weighted by Crippen LogP contribution is -2.29. The summed E-state index contributed by atoms with van der Waals surface area (Å²) in [6.07, 6.45) is 3.97. The van der Waals surface area contributed by atoms with Crippen molar-refractivity contribution < 1.29 is 26.8 Å². The minimum Gasteiger partial charge on any atom is -0.456 e. The van der Waals surface area contributed by atoms with Crippen LogP contribution in [0, 0.1) is 0 Å². The Morgan fingerprint density at radius 2 is 1.47 bits per heavy atom. The van der Waals surface area contributed by atoms with Gasteiger partial charge in [-0.25, -0.2) is 4.79 Å². The van der Waals surface area contributed by atoms with Gasteiger partial charge in [0.15, 0.2) is 0 Å². The van der Waals surface area contributed by atoms with E-state index < -0.39 is 11.6 Å². The fraction of sp³-hybridized carbons (Fsp3) is 0.217. The zero-order valence-corrected chi connectivity index (χ0v) is 17.8. The van der Waals surface area contributed by atoms with Crippen molar-refractivity contribution >= 4 is 45.3 Å². The number of furan rings is 1. The predicted molar refractivity (Wildman–Crippen MR) is 118 cm³/mol. The summed E-state index contributed by atoms with van der Waals surface area (Å²) < 4.78 is 28.1. The van der Waals surface area contributed by atoms with E-state index in [-0.39, 0.29) is 11.8 Å². The lowest BCUT2D eigenvalue weighted by molar-refractivity contribution is -0.191. The smallest absolute Gasteiger partial charge is 0.373 e. The molecule has 0 unspecified atom stereocenters. The summed E-state index contributed by atoms with van der Waals surface area (Å²) in [5.41, 5.74) is 2.60. The fourth-order valence-corrected chi connectivity index (χ4v) is 3.74. The summed E-state index contributed by atoms with van der Waals surface area (Å²) in [6, 6.07) is 17.6. The van der Waals surface area contributed by atoms with Crippen LogP contribution in [0.5, 0.6) is 0 Å². The molecule has 0 spiro atoms. The van der Waals surface area contributed by atoms with Crippen molar-refractivity contribution in [3.63, 3.8) is 0 Å². The number of carbonyl (C=O) groups excluding carboxylic acids is 2. The Morgan fingerprint density at radius 1 is 0.812 bits per heavy atom. The Bertz CT molecular complexity index is 1290. The standard InChI is InChI=1S/C22H19NO3.CO2.O2S/c24-22-18(21-13-15-6-2-3-7-19(15)25-21)12-16-8-9-17(14-20(16)26-22)23-10-4-1-5-11-23;2-1-3;1-3-2/h2-3,6-9,12-14H,1,4-5,10-11H2;;. The molecule has 8 nitrogen and oxygen atoms in total. The van der Waals surface area contributed by atoms with Gasteiger partial charge in [-0.05, 0) is 49.6 Å². The van der Waals surface area contributed by atoms with E-state index in [9.17, 15) is 4.79 Å². The summed E-state index contributed by atoms with van der Waals surface area (Å²) >= 11 is -0.750. The van der Waals surface area contributed by atoms with Crippen molar-refractivity contribution in [3.05, 3.63) is 65.0 Å². The van der Waals surface area contributed by atoms with Gasteiger partial charge < -0.3 is 13.7 Å². The molecule has 0 aliphatic carbocycles. The normalized spacial score (nSPS) is 12.8. The molecule has 1 aliphatic heterocycles. The van der Waals surface area contributed by atoms with E-state index in [1.54, 1.807) is 0 Å². The Labute approximate surface area is 186 Å². The number of piperidine rings is 1. The maximum atomic E-state index is 12.6. The molecule has 1 fully saturated rings. The number of rotatable bonds is 2. The van der Waals surface area contributed by atoms with Crippen molar-refractivity contribution in [1.29, 1.82) is 0 Å². The first-order valence-corrected chi connectivity index (χ1v) is 10.5. The maximum Gasteiger partial charge on any atom is 0.373 e. The summed E-state index contributed by atoms with van der Waals surface area (Å²) in [5.74, 6) is 0.543. The third kappa shape index (κ3) is 5.26. The highest BCUT2D eigenvalue weighted by atomic mass is 32.1. The molecule has 1 saturated heterocycles. The molecule has 2 aromatic heterocycles. The average molecular weight is 453 g/mol. The quantitative estimate of drug-likeness (QED) is 0.419. The minimum absolute atomic E-state index is 0.250. The van der Waals surface area contributed by atoms with E-state index in [1.165, 1.54) is 19.3 Å². The first kappa shape index (κ1) is 22.9. The van der Waals surface area contributed by atoms with Gasteiger partial charge in [0.2, 0.25) is 0 Å². The van der Waals surface area contributed by atoms with Crippen LogP contribution >= 0.6 is 0 Å². The summed E-state index contributed by atoms with van der Waals surface area (Å²) in [7, 11) is 0. The molecule has 0 bridgehead atoms. The first-order valence-electron chi connectivity index (χ1n) is 9.84. The molecule has 3 heterocycles. The van der Waals surface area contributed by atoms with Crippen LogP contribution in [-0.2, 0) is 21.2 Å². The SMILES string of the molecule is O=C=O.O=S=O.O=c1oc2cc(N3CCCCC3)ccc2cc1-c1cc2ccccc2o1. The monoisotopic (exact) mass is 453 g/mol. The van der Waals surface area contributed by atoms with Crippen LogP contribution in [0.3, 0.4) is 0 Å². The highest BCUT2D eigenvalue weighted by Gasteiger charge is 2.15. The van der Waals surface area contributed by atoms with Crippen LogP contribution in [0.25, 0.3) is 33.3 Å². The molecule has 5 rings (SSSR count). The molecule has 32 heavy (non-hydrogen) atoms. The molecule has 0 radical (unpaired) electrons. The van der Waals surface area contributed by atoms with Crippen LogP contribution in [0.4, 0.5) is 5.69 Å². The van der Waals surface area contributed by atoms with Gasteiger partial charge in [-0.3, -0.25) is 0 Å². The van der Waals surface area contributed by atoms with Gasteiger partial charge in [0, 0.05) is 35.6 Å². The number of hydrogen-bond acceptors (Lipinski definition) is 8. The molecule has 0 amide bonds. The molecule has 1 aliphatic rings. The molecule has 0 atom stereocenters. The number of para-hydroxylation sites is 1. The Kier molecular flexibility index (Phi) is 7.85. The number of hydrogen-bond donors (Lipinski definition) is 0. The van der Waals surface area contributed by atoms with E-state index >= 15 is 0 Å². The van der Waals surface area contributed by atoms with Crippen LogP contribution in [-0.4, -0.2) is 27.7 Å². The minimum atomic E-state index is -0.750. The second-order valence-electron chi connectivity index (χ2n) is 7.02. The van der Waals surface area contributed by atoms with Crippen LogP contribution in [0.15, 0.2) is 68.2 Å². The lowest BCUT2D eigenvalue weighted by atomic mass is 10.1. The van der Waals surface area contributed by atoms with E-state index in [0.29, 0.717) is 16.9 Å². The molecular formula is C23H19NO7S. The number of fused-ring (bicyclic) bond motifs is 2.